The van der Waals surface area contributed by atoms with Crippen LogP contribution in [0.25, 0.3) is 0 Å². The van der Waals surface area contributed by atoms with Crippen molar-refractivity contribution in [1.29, 1.82) is 0 Å². The normalized spacial score (nSPS) is 9.57. The number of carbonyl (C=O) groups excluding carboxylic acids is 1. The van der Waals surface area contributed by atoms with E-state index in [1.165, 1.54) is 14.2 Å². The summed E-state index contributed by atoms with van der Waals surface area (Å²) in [4.78, 5) is 11.3. The number of anilines is 2. The van der Waals surface area contributed by atoms with Crippen molar-refractivity contribution in [2.45, 2.75) is 0 Å². The summed E-state index contributed by atoms with van der Waals surface area (Å²) in [7, 11) is 3.02. The minimum absolute atomic E-state index is 0.240. The molecule has 0 aromatic heterocycles. The number of nitrogens with one attached hydrogen (secondary N) is 1. The molecule has 5 N–H and O–H groups in total. The zero-order valence-corrected chi connectivity index (χ0v) is 8.13. The van der Waals surface area contributed by atoms with Crippen LogP contribution < -0.4 is 21.5 Å². The monoisotopic (exact) mass is 195 g/mol. The third-order valence-electron chi connectivity index (χ3n) is 1.94. The van der Waals surface area contributed by atoms with E-state index < -0.39 is 0 Å². The fraction of sp³-hybridized carbons (Fsp3) is 0.222. The molecule has 0 saturated carbocycles. The summed E-state index contributed by atoms with van der Waals surface area (Å²) < 4.78 is 4.96. The molecule has 0 fully saturated rings. The Morgan fingerprint density at radius 3 is 2.50 bits per heavy atom. The van der Waals surface area contributed by atoms with Crippen LogP contribution in [-0.2, 0) is 0 Å². The molecule has 1 aromatic rings. The highest BCUT2D eigenvalue weighted by Crippen LogP contribution is 2.29. The van der Waals surface area contributed by atoms with Crippen molar-refractivity contribution in [2.24, 2.45) is 0 Å². The number of ether oxygens (including phenoxy) is 1. The van der Waals surface area contributed by atoms with Gasteiger partial charge in [0.15, 0.2) is 0 Å². The van der Waals surface area contributed by atoms with Crippen molar-refractivity contribution >= 4 is 17.3 Å². The van der Waals surface area contributed by atoms with Crippen molar-refractivity contribution in [3.8, 4) is 5.75 Å². The zero-order valence-electron chi connectivity index (χ0n) is 8.13. The first-order chi connectivity index (χ1) is 6.61. The maximum absolute atomic E-state index is 11.3. The number of hydrogen-bond donors (Lipinski definition) is 3. The van der Waals surface area contributed by atoms with Gasteiger partial charge in [0.1, 0.15) is 5.75 Å². The summed E-state index contributed by atoms with van der Waals surface area (Å²) >= 11 is 0. The van der Waals surface area contributed by atoms with Crippen molar-refractivity contribution in [3.05, 3.63) is 17.7 Å². The second-order valence-corrected chi connectivity index (χ2v) is 2.72. The lowest BCUT2D eigenvalue weighted by atomic mass is 10.1. The van der Waals surface area contributed by atoms with Crippen LogP contribution in [0.1, 0.15) is 10.4 Å². The first kappa shape index (κ1) is 10.2. The number of nitrogen functional groups attached to an aromatic ring is 2. The maximum Gasteiger partial charge on any atom is 0.253 e. The number of hydrogen-bond acceptors (Lipinski definition) is 4. The van der Waals surface area contributed by atoms with Crippen LogP contribution in [0.15, 0.2) is 12.1 Å². The Balaban J connectivity index is 3.24. The van der Waals surface area contributed by atoms with Gasteiger partial charge in [0.25, 0.3) is 5.91 Å². The lowest BCUT2D eigenvalue weighted by Gasteiger charge is -2.10. The first-order valence-electron chi connectivity index (χ1n) is 4.05. The third-order valence-corrected chi connectivity index (χ3v) is 1.94. The Morgan fingerprint density at radius 1 is 1.36 bits per heavy atom. The highest BCUT2D eigenvalue weighted by atomic mass is 16.5. The van der Waals surface area contributed by atoms with Gasteiger partial charge < -0.3 is 21.5 Å². The Bertz CT molecular complexity index is 363. The van der Waals surface area contributed by atoms with Gasteiger partial charge in [-0.3, -0.25) is 4.79 Å². The van der Waals surface area contributed by atoms with Crippen LogP contribution in [0, 0.1) is 0 Å². The highest BCUT2D eigenvalue weighted by Gasteiger charge is 2.12. The van der Waals surface area contributed by atoms with Gasteiger partial charge in [0.2, 0.25) is 0 Å². The van der Waals surface area contributed by atoms with Crippen LogP contribution in [-0.4, -0.2) is 20.1 Å². The molecule has 0 aliphatic carbocycles. The van der Waals surface area contributed by atoms with E-state index in [1.54, 1.807) is 12.1 Å². The molecule has 1 aromatic carbocycles. The van der Waals surface area contributed by atoms with Crippen LogP contribution in [0.5, 0.6) is 5.75 Å². The third kappa shape index (κ3) is 1.56. The first-order valence-corrected chi connectivity index (χ1v) is 4.05. The number of carbonyl (C=O) groups is 1. The molecule has 5 heteroatoms. The van der Waals surface area contributed by atoms with Gasteiger partial charge >= 0.3 is 0 Å². The summed E-state index contributed by atoms with van der Waals surface area (Å²) in [6, 6.07) is 3.18. The number of benzene rings is 1. The summed E-state index contributed by atoms with van der Waals surface area (Å²) in [5.41, 5.74) is 12.2. The van der Waals surface area contributed by atoms with Crippen LogP contribution >= 0.6 is 0 Å². The molecule has 0 bridgehead atoms. The van der Waals surface area contributed by atoms with Gasteiger partial charge in [-0.25, -0.2) is 0 Å². The van der Waals surface area contributed by atoms with E-state index in [0.717, 1.165) is 0 Å². The molecule has 0 radical (unpaired) electrons. The van der Waals surface area contributed by atoms with E-state index in [9.17, 15) is 4.79 Å². The predicted octanol–water partition coefficient (Wildman–Crippen LogP) is 0.219. The van der Waals surface area contributed by atoms with Gasteiger partial charge in [0.05, 0.1) is 24.0 Å². The minimum Gasteiger partial charge on any atom is -0.495 e. The van der Waals surface area contributed by atoms with E-state index in [4.69, 9.17) is 16.2 Å². The predicted molar refractivity (Wildman–Crippen MR) is 55.2 cm³/mol. The van der Waals surface area contributed by atoms with Gasteiger partial charge in [-0.15, -0.1) is 0 Å². The number of amides is 1. The van der Waals surface area contributed by atoms with Crippen LogP contribution in [0.3, 0.4) is 0 Å². The van der Waals surface area contributed by atoms with E-state index in [2.05, 4.69) is 5.32 Å². The average Bonchev–Trinajstić information content (AvgIpc) is 2.21. The number of rotatable bonds is 2. The highest BCUT2D eigenvalue weighted by molar-refractivity contribution is 6.02. The van der Waals surface area contributed by atoms with Crippen LogP contribution in [0.2, 0.25) is 0 Å². The molecule has 1 rings (SSSR count). The second kappa shape index (κ2) is 3.87. The summed E-state index contributed by atoms with van der Waals surface area (Å²) in [5.74, 6) is 0.201. The Labute approximate surface area is 82.0 Å². The fourth-order valence-electron chi connectivity index (χ4n) is 1.13. The summed E-state index contributed by atoms with van der Waals surface area (Å²) in [5, 5.41) is 2.47. The largest absolute Gasteiger partial charge is 0.495 e. The van der Waals surface area contributed by atoms with E-state index >= 15 is 0 Å². The molecule has 0 saturated heterocycles. The van der Waals surface area contributed by atoms with Gasteiger partial charge in [0, 0.05) is 7.05 Å². The van der Waals surface area contributed by atoms with Crippen molar-refractivity contribution in [3.63, 3.8) is 0 Å². The van der Waals surface area contributed by atoms with E-state index in [-0.39, 0.29) is 17.3 Å². The van der Waals surface area contributed by atoms with E-state index in [0.29, 0.717) is 11.3 Å². The second-order valence-electron chi connectivity index (χ2n) is 2.72. The lowest BCUT2D eigenvalue weighted by Crippen LogP contribution is -2.20. The van der Waals surface area contributed by atoms with Crippen molar-refractivity contribution in [2.75, 3.05) is 25.6 Å². The molecule has 0 aliphatic heterocycles. The van der Waals surface area contributed by atoms with Gasteiger partial charge in [-0.05, 0) is 12.1 Å². The van der Waals surface area contributed by atoms with Crippen molar-refractivity contribution in [1.82, 2.24) is 5.32 Å². The number of nitrogens with two attached hydrogens (primary N) is 2. The molecule has 14 heavy (non-hydrogen) atoms. The smallest absolute Gasteiger partial charge is 0.253 e. The molecule has 1 amide bonds. The molecule has 76 valence electrons. The Kier molecular flexibility index (Phi) is 2.81. The SMILES string of the molecule is CNC(=O)c1ccc(OC)c(N)c1N. The molecule has 0 heterocycles. The topological polar surface area (TPSA) is 90.4 Å². The van der Waals surface area contributed by atoms with Crippen LogP contribution in [0.4, 0.5) is 11.4 Å². The summed E-state index contributed by atoms with van der Waals surface area (Å²) in [6.45, 7) is 0. The molecule has 0 unspecified atom stereocenters. The van der Waals surface area contributed by atoms with Crippen molar-refractivity contribution < 1.29 is 9.53 Å². The summed E-state index contributed by atoms with van der Waals surface area (Å²) in [6.07, 6.45) is 0. The lowest BCUT2D eigenvalue weighted by molar-refractivity contribution is 0.0964. The standard InChI is InChI=1S/C9H13N3O2/c1-12-9(13)5-3-4-6(14-2)8(11)7(5)10/h3-4H,10-11H2,1-2H3,(H,12,13). The van der Waals surface area contributed by atoms with Gasteiger partial charge in [-0.2, -0.15) is 0 Å². The molecular formula is C9H13N3O2. The quantitative estimate of drug-likeness (QED) is 0.589. The fourth-order valence-corrected chi connectivity index (χ4v) is 1.13. The molecule has 5 nitrogen and oxygen atoms in total. The molecule has 0 aliphatic rings. The molecule has 0 spiro atoms. The Morgan fingerprint density at radius 2 is 2.00 bits per heavy atom. The Hall–Kier alpha value is -1.91. The van der Waals surface area contributed by atoms with Gasteiger partial charge in [-0.1, -0.05) is 0 Å². The minimum atomic E-state index is -0.267. The average molecular weight is 195 g/mol. The molecular weight excluding hydrogens is 182 g/mol. The zero-order chi connectivity index (χ0) is 10.7. The number of methoxy groups -OCH3 is 1. The molecule has 0 atom stereocenters. The maximum atomic E-state index is 11.3. The van der Waals surface area contributed by atoms with E-state index in [1.807, 2.05) is 0 Å².